The van der Waals surface area contributed by atoms with Gasteiger partial charge in [0.15, 0.2) is 0 Å². The van der Waals surface area contributed by atoms with Crippen LogP contribution in [0.4, 0.5) is 5.69 Å². The van der Waals surface area contributed by atoms with Gasteiger partial charge in [0.1, 0.15) is 0 Å². The van der Waals surface area contributed by atoms with Crippen molar-refractivity contribution in [1.82, 2.24) is 0 Å². The summed E-state index contributed by atoms with van der Waals surface area (Å²) in [6, 6.07) is 4.57. The molecule has 16 heavy (non-hydrogen) atoms. The Kier molecular flexibility index (Phi) is 3.41. The van der Waals surface area contributed by atoms with E-state index < -0.39 is 0 Å². The Hall–Kier alpha value is -0.730. The predicted octanol–water partition coefficient (Wildman–Crippen LogP) is 3.11. The molecular weight excluding hydrogens is 220 g/mol. The number of nitrogens with two attached hydrogens (primary N) is 1. The van der Waals surface area contributed by atoms with E-state index in [0.717, 1.165) is 30.1 Å². The predicted molar refractivity (Wildman–Crippen MR) is 70.1 cm³/mol. The third-order valence-electron chi connectivity index (χ3n) is 3.27. The molecule has 88 valence electrons. The van der Waals surface area contributed by atoms with Gasteiger partial charge in [-0.05, 0) is 49.8 Å². The summed E-state index contributed by atoms with van der Waals surface area (Å²) < 4.78 is 0. The van der Waals surface area contributed by atoms with Crippen LogP contribution in [0.1, 0.15) is 24.0 Å². The minimum atomic E-state index is 0.418. The monoisotopic (exact) mass is 238 g/mol. The molecule has 1 aromatic carbocycles. The maximum Gasteiger partial charge on any atom is 0.0642 e. The van der Waals surface area contributed by atoms with E-state index >= 15 is 0 Å². The van der Waals surface area contributed by atoms with Crippen molar-refractivity contribution in [2.24, 2.45) is 11.7 Å². The minimum Gasteiger partial charge on any atom is -0.383 e. The number of benzene rings is 1. The first kappa shape index (κ1) is 11.7. The van der Waals surface area contributed by atoms with E-state index in [1.54, 1.807) is 0 Å². The van der Waals surface area contributed by atoms with Gasteiger partial charge in [-0.3, -0.25) is 0 Å². The van der Waals surface area contributed by atoms with Gasteiger partial charge in [-0.2, -0.15) is 0 Å². The van der Waals surface area contributed by atoms with Crippen LogP contribution in [0.25, 0.3) is 0 Å². The Labute approximate surface area is 102 Å². The van der Waals surface area contributed by atoms with E-state index in [2.05, 4.69) is 25.2 Å². The van der Waals surface area contributed by atoms with Crippen LogP contribution < -0.4 is 11.1 Å². The average Bonchev–Trinajstić information content (AvgIpc) is 2.12. The first-order chi connectivity index (χ1) is 7.56. The quantitative estimate of drug-likeness (QED) is 0.849. The standard InChI is InChI=1S/C13H19ClN2/c1-8-3-9(2)13(12(14)4-8)16-7-10-5-11(15)6-10/h3-4,10-11,16H,5-7,15H2,1-2H3. The van der Waals surface area contributed by atoms with Gasteiger partial charge < -0.3 is 11.1 Å². The van der Waals surface area contributed by atoms with Crippen molar-refractivity contribution in [3.63, 3.8) is 0 Å². The molecule has 2 rings (SSSR count). The highest BCUT2D eigenvalue weighted by molar-refractivity contribution is 6.33. The molecule has 1 aliphatic rings. The molecule has 3 N–H and O–H groups in total. The fraction of sp³-hybridized carbons (Fsp3) is 0.538. The minimum absolute atomic E-state index is 0.418. The third-order valence-corrected chi connectivity index (χ3v) is 3.57. The van der Waals surface area contributed by atoms with E-state index in [1.165, 1.54) is 11.1 Å². The average molecular weight is 239 g/mol. The number of aryl methyl sites for hydroxylation is 2. The van der Waals surface area contributed by atoms with Crippen molar-refractivity contribution in [2.75, 3.05) is 11.9 Å². The lowest BCUT2D eigenvalue weighted by molar-refractivity contribution is 0.280. The van der Waals surface area contributed by atoms with Crippen molar-refractivity contribution in [3.05, 3.63) is 28.3 Å². The molecule has 0 atom stereocenters. The topological polar surface area (TPSA) is 38.0 Å². The van der Waals surface area contributed by atoms with Crippen LogP contribution in [0.2, 0.25) is 5.02 Å². The summed E-state index contributed by atoms with van der Waals surface area (Å²) in [5, 5.41) is 4.26. The van der Waals surface area contributed by atoms with Crippen molar-refractivity contribution in [2.45, 2.75) is 32.7 Å². The fourth-order valence-electron chi connectivity index (χ4n) is 2.34. The molecule has 0 heterocycles. The molecule has 0 bridgehead atoms. The van der Waals surface area contributed by atoms with Crippen LogP contribution in [-0.4, -0.2) is 12.6 Å². The molecule has 1 aliphatic carbocycles. The van der Waals surface area contributed by atoms with Crippen LogP contribution >= 0.6 is 11.6 Å². The summed E-state index contributed by atoms with van der Waals surface area (Å²) in [5.41, 5.74) is 9.26. The van der Waals surface area contributed by atoms with Crippen LogP contribution in [0.5, 0.6) is 0 Å². The molecule has 0 radical (unpaired) electrons. The van der Waals surface area contributed by atoms with Crippen molar-refractivity contribution >= 4 is 17.3 Å². The molecular formula is C13H19ClN2. The van der Waals surface area contributed by atoms with E-state index in [9.17, 15) is 0 Å². The molecule has 1 saturated carbocycles. The molecule has 0 saturated heterocycles. The Morgan fingerprint density at radius 3 is 2.62 bits per heavy atom. The molecule has 3 heteroatoms. The van der Waals surface area contributed by atoms with Crippen molar-refractivity contribution in [3.8, 4) is 0 Å². The number of hydrogen-bond donors (Lipinski definition) is 2. The molecule has 0 spiro atoms. The summed E-state index contributed by atoms with van der Waals surface area (Å²) >= 11 is 6.22. The lowest BCUT2D eigenvalue weighted by atomic mass is 9.81. The lowest BCUT2D eigenvalue weighted by Gasteiger charge is -2.33. The first-order valence-corrected chi connectivity index (χ1v) is 6.20. The normalized spacial score (nSPS) is 24.0. The summed E-state index contributed by atoms with van der Waals surface area (Å²) in [5.74, 6) is 0.715. The van der Waals surface area contributed by atoms with E-state index in [4.69, 9.17) is 17.3 Å². The second-order valence-corrected chi connectivity index (χ2v) is 5.32. The molecule has 0 amide bonds. The number of halogens is 1. The SMILES string of the molecule is Cc1cc(C)c(NCC2CC(N)C2)c(Cl)c1. The van der Waals surface area contributed by atoms with E-state index in [0.29, 0.717) is 12.0 Å². The highest BCUT2D eigenvalue weighted by atomic mass is 35.5. The number of nitrogens with one attached hydrogen (secondary N) is 1. The van der Waals surface area contributed by atoms with Gasteiger partial charge in [0.2, 0.25) is 0 Å². The van der Waals surface area contributed by atoms with Crippen molar-refractivity contribution in [1.29, 1.82) is 0 Å². The molecule has 1 fully saturated rings. The van der Waals surface area contributed by atoms with Crippen molar-refractivity contribution < 1.29 is 0 Å². The van der Waals surface area contributed by atoms with Gasteiger partial charge in [-0.15, -0.1) is 0 Å². The number of rotatable bonds is 3. The molecule has 2 nitrogen and oxygen atoms in total. The fourth-order valence-corrected chi connectivity index (χ4v) is 2.73. The summed E-state index contributed by atoms with van der Waals surface area (Å²) in [6.07, 6.45) is 2.27. The Morgan fingerprint density at radius 1 is 1.38 bits per heavy atom. The van der Waals surface area contributed by atoms with Crippen LogP contribution in [-0.2, 0) is 0 Å². The Bertz CT molecular complexity index is 361. The van der Waals surface area contributed by atoms with E-state index in [1.807, 2.05) is 6.07 Å². The second kappa shape index (κ2) is 4.64. The van der Waals surface area contributed by atoms with Gasteiger partial charge in [0.25, 0.3) is 0 Å². The summed E-state index contributed by atoms with van der Waals surface area (Å²) in [4.78, 5) is 0. The largest absolute Gasteiger partial charge is 0.383 e. The molecule has 0 unspecified atom stereocenters. The number of hydrogen-bond acceptors (Lipinski definition) is 2. The van der Waals surface area contributed by atoms with Gasteiger partial charge in [0, 0.05) is 12.6 Å². The Balaban J connectivity index is 1.98. The zero-order valence-corrected chi connectivity index (χ0v) is 10.6. The zero-order chi connectivity index (χ0) is 11.7. The zero-order valence-electron chi connectivity index (χ0n) is 9.89. The van der Waals surface area contributed by atoms with Gasteiger partial charge in [0.05, 0.1) is 10.7 Å². The third kappa shape index (κ3) is 2.50. The summed E-state index contributed by atoms with van der Waals surface area (Å²) in [7, 11) is 0. The van der Waals surface area contributed by atoms with Crippen LogP contribution in [0.15, 0.2) is 12.1 Å². The number of anilines is 1. The second-order valence-electron chi connectivity index (χ2n) is 4.92. The van der Waals surface area contributed by atoms with E-state index in [-0.39, 0.29) is 0 Å². The maximum absolute atomic E-state index is 6.22. The highest BCUT2D eigenvalue weighted by Crippen LogP contribution is 2.30. The lowest BCUT2D eigenvalue weighted by Crippen LogP contribution is -2.39. The van der Waals surface area contributed by atoms with Gasteiger partial charge in [-0.25, -0.2) is 0 Å². The van der Waals surface area contributed by atoms with Gasteiger partial charge in [-0.1, -0.05) is 17.7 Å². The van der Waals surface area contributed by atoms with Crippen LogP contribution in [0, 0.1) is 19.8 Å². The van der Waals surface area contributed by atoms with Gasteiger partial charge >= 0.3 is 0 Å². The first-order valence-electron chi connectivity index (χ1n) is 5.82. The summed E-state index contributed by atoms with van der Waals surface area (Å²) in [6.45, 7) is 5.14. The smallest absolute Gasteiger partial charge is 0.0642 e. The maximum atomic E-state index is 6.22. The molecule has 0 aliphatic heterocycles. The van der Waals surface area contributed by atoms with Crippen LogP contribution in [0.3, 0.4) is 0 Å². The Morgan fingerprint density at radius 2 is 2.06 bits per heavy atom. The molecule has 1 aromatic rings. The molecule has 0 aromatic heterocycles. The highest BCUT2D eigenvalue weighted by Gasteiger charge is 2.25.